The monoisotopic (exact) mass is 409 g/mol. The van der Waals surface area contributed by atoms with Crippen LogP contribution in [0.15, 0.2) is 29.5 Å². The van der Waals surface area contributed by atoms with Crippen LogP contribution in [0.4, 0.5) is 30.4 Å². The molecule has 6 nitrogen and oxygen atoms in total. The summed E-state index contributed by atoms with van der Waals surface area (Å²) in [6.07, 6.45) is 2.61. The van der Waals surface area contributed by atoms with Gasteiger partial charge in [-0.05, 0) is 31.0 Å². The van der Waals surface area contributed by atoms with E-state index in [4.69, 9.17) is 0 Å². The molecule has 3 aromatic rings. The Kier molecular flexibility index (Phi) is 6.08. The van der Waals surface area contributed by atoms with Crippen LogP contribution in [0.2, 0.25) is 0 Å². The van der Waals surface area contributed by atoms with Gasteiger partial charge in [-0.15, -0.1) is 0 Å². The van der Waals surface area contributed by atoms with Crippen LogP contribution in [0.25, 0.3) is 10.9 Å². The number of hydrogen-bond donors (Lipinski definition) is 2. The maximum atomic E-state index is 14.7. The summed E-state index contributed by atoms with van der Waals surface area (Å²) < 4.78 is 45.1. The van der Waals surface area contributed by atoms with E-state index >= 15 is 0 Å². The number of aryl methyl sites for hydroxylation is 2. The van der Waals surface area contributed by atoms with Crippen LogP contribution in [-0.4, -0.2) is 27.0 Å². The predicted octanol–water partition coefficient (Wildman–Crippen LogP) is 4.08. The zero-order valence-corrected chi connectivity index (χ0v) is 16.0. The summed E-state index contributed by atoms with van der Waals surface area (Å²) in [5, 5.41) is 3.08. The number of alkyl halides is 1. The van der Waals surface area contributed by atoms with E-state index in [-0.39, 0.29) is 11.4 Å². The molecule has 0 saturated heterocycles. The van der Waals surface area contributed by atoms with Crippen molar-refractivity contribution >= 4 is 40.0 Å². The Hall–Kier alpha value is -2.75. The first-order valence-corrected chi connectivity index (χ1v) is 9.42. The van der Waals surface area contributed by atoms with Crippen molar-refractivity contribution in [3.63, 3.8) is 0 Å². The van der Waals surface area contributed by atoms with Gasteiger partial charge in [0, 0.05) is 18.5 Å². The highest BCUT2D eigenvalue weighted by atomic mass is 32.2. The lowest BCUT2D eigenvalue weighted by Gasteiger charge is -2.15. The molecule has 2 heterocycles. The Morgan fingerprint density at radius 3 is 2.79 bits per heavy atom. The average Bonchev–Trinajstić information content (AvgIpc) is 2.68. The van der Waals surface area contributed by atoms with E-state index in [2.05, 4.69) is 20.0 Å². The highest BCUT2D eigenvalue weighted by Gasteiger charge is 2.17. The number of nitrogens with zero attached hydrogens (tertiary/aromatic N) is 3. The molecule has 0 radical (unpaired) electrons. The maximum Gasteiger partial charge on any atom is 0.261 e. The number of anilines is 3. The number of nitrogens with one attached hydrogen (secondary N) is 2. The highest BCUT2D eigenvalue weighted by Crippen LogP contribution is 2.31. The van der Waals surface area contributed by atoms with Gasteiger partial charge in [0.2, 0.25) is 0 Å². The van der Waals surface area contributed by atoms with Crippen molar-refractivity contribution in [2.75, 3.05) is 22.5 Å². The topological polar surface area (TPSA) is 71.8 Å². The molecule has 0 bridgehead atoms. The lowest BCUT2D eigenvalue weighted by Crippen LogP contribution is -2.18. The van der Waals surface area contributed by atoms with Gasteiger partial charge in [-0.3, -0.25) is 9.18 Å². The summed E-state index contributed by atoms with van der Waals surface area (Å²) >= 11 is 1.08. The largest absolute Gasteiger partial charge is 0.350 e. The molecular formula is C18H18F3N5OS. The standard InChI is InChI=1S/C18H18F3N5OS/c1-10-12(4-5-13-14(10)18(27)26(2)9-23-13)24-16-11(20)8-22-17(15(16)21)25-28-7-3-6-19/h4-5,8-9H,3,6-7H2,1-2H3,(H2,22,24,25). The van der Waals surface area contributed by atoms with Gasteiger partial charge in [0.05, 0.1) is 30.1 Å². The van der Waals surface area contributed by atoms with E-state index in [1.807, 2.05) is 0 Å². The number of hydrogen-bond acceptors (Lipinski definition) is 6. The smallest absolute Gasteiger partial charge is 0.261 e. The van der Waals surface area contributed by atoms with Gasteiger partial charge in [0.15, 0.2) is 17.5 Å². The van der Waals surface area contributed by atoms with Gasteiger partial charge in [0.25, 0.3) is 5.56 Å². The summed E-state index contributed by atoms with van der Waals surface area (Å²) in [5.74, 6) is -1.54. The van der Waals surface area contributed by atoms with Crippen LogP contribution in [-0.2, 0) is 7.05 Å². The number of benzene rings is 1. The second-order valence-corrected chi connectivity index (χ2v) is 6.96. The zero-order chi connectivity index (χ0) is 20.3. The SMILES string of the molecule is Cc1c(Nc2c(F)cnc(NSCCCF)c2F)ccc2ncn(C)c(=O)c12. The van der Waals surface area contributed by atoms with E-state index < -0.39 is 24.0 Å². The number of pyridine rings is 1. The van der Waals surface area contributed by atoms with Crippen molar-refractivity contribution in [1.29, 1.82) is 0 Å². The molecule has 0 saturated carbocycles. The molecule has 148 valence electrons. The van der Waals surface area contributed by atoms with Crippen molar-refractivity contribution in [1.82, 2.24) is 14.5 Å². The van der Waals surface area contributed by atoms with Crippen LogP contribution in [0, 0.1) is 18.6 Å². The highest BCUT2D eigenvalue weighted by molar-refractivity contribution is 8.00. The van der Waals surface area contributed by atoms with Gasteiger partial charge >= 0.3 is 0 Å². The van der Waals surface area contributed by atoms with E-state index in [0.717, 1.165) is 18.1 Å². The van der Waals surface area contributed by atoms with Crippen molar-refractivity contribution in [3.05, 3.63) is 52.2 Å². The van der Waals surface area contributed by atoms with Crippen LogP contribution in [0.3, 0.4) is 0 Å². The Balaban J connectivity index is 1.96. The Labute approximate surface area is 163 Å². The Morgan fingerprint density at radius 1 is 1.25 bits per heavy atom. The fourth-order valence-corrected chi connectivity index (χ4v) is 3.25. The van der Waals surface area contributed by atoms with E-state index in [9.17, 15) is 18.0 Å². The first-order chi connectivity index (χ1) is 13.4. The molecule has 10 heteroatoms. The molecule has 0 aliphatic heterocycles. The maximum absolute atomic E-state index is 14.7. The van der Waals surface area contributed by atoms with Crippen molar-refractivity contribution in [3.8, 4) is 0 Å². The van der Waals surface area contributed by atoms with Crippen molar-refractivity contribution in [2.45, 2.75) is 13.3 Å². The van der Waals surface area contributed by atoms with E-state index in [0.29, 0.717) is 34.3 Å². The lowest BCUT2D eigenvalue weighted by atomic mass is 10.1. The minimum absolute atomic E-state index is 0.163. The summed E-state index contributed by atoms with van der Waals surface area (Å²) in [4.78, 5) is 20.3. The van der Waals surface area contributed by atoms with Crippen LogP contribution in [0.5, 0.6) is 0 Å². The normalized spacial score (nSPS) is 11.0. The molecule has 28 heavy (non-hydrogen) atoms. The lowest BCUT2D eigenvalue weighted by molar-refractivity contribution is 0.489. The molecule has 1 aromatic carbocycles. The van der Waals surface area contributed by atoms with Gasteiger partial charge in [-0.1, -0.05) is 11.9 Å². The summed E-state index contributed by atoms with van der Waals surface area (Å²) in [6.45, 7) is 1.20. The Morgan fingerprint density at radius 2 is 2.04 bits per heavy atom. The predicted molar refractivity (Wildman–Crippen MR) is 106 cm³/mol. The quantitative estimate of drug-likeness (QED) is 0.453. The molecule has 0 aliphatic carbocycles. The second-order valence-electron chi connectivity index (χ2n) is 6.05. The minimum Gasteiger partial charge on any atom is -0.350 e. The summed E-state index contributed by atoms with van der Waals surface area (Å²) in [5.41, 5.74) is 0.736. The minimum atomic E-state index is -0.911. The molecule has 3 rings (SSSR count). The van der Waals surface area contributed by atoms with Gasteiger partial charge in [0.1, 0.15) is 5.69 Å². The molecule has 2 N–H and O–H groups in total. The van der Waals surface area contributed by atoms with Crippen molar-refractivity contribution < 1.29 is 13.2 Å². The fraction of sp³-hybridized carbons (Fsp3) is 0.278. The number of aromatic nitrogens is 3. The Bertz CT molecular complexity index is 1070. The molecule has 2 aromatic heterocycles. The number of halogens is 3. The van der Waals surface area contributed by atoms with Gasteiger partial charge < -0.3 is 14.6 Å². The van der Waals surface area contributed by atoms with E-state index in [1.54, 1.807) is 26.1 Å². The number of fused-ring (bicyclic) bond motifs is 1. The zero-order valence-electron chi connectivity index (χ0n) is 15.2. The number of rotatable bonds is 7. The van der Waals surface area contributed by atoms with Crippen LogP contribution >= 0.6 is 11.9 Å². The molecule has 0 unspecified atom stereocenters. The summed E-state index contributed by atoms with van der Waals surface area (Å²) in [6, 6.07) is 3.21. The van der Waals surface area contributed by atoms with Crippen LogP contribution < -0.4 is 15.6 Å². The van der Waals surface area contributed by atoms with Crippen molar-refractivity contribution in [2.24, 2.45) is 7.05 Å². The van der Waals surface area contributed by atoms with E-state index in [1.165, 1.54) is 10.9 Å². The van der Waals surface area contributed by atoms with Gasteiger partial charge in [-0.25, -0.2) is 18.7 Å². The third kappa shape index (κ3) is 3.91. The third-order valence-corrected chi connectivity index (χ3v) is 4.96. The second kappa shape index (κ2) is 8.51. The third-order valence-electron chi connectivity index (χ3n) is 4.13. The van der Waals surface area contributed by atoms with Crippen LogP contribution in [0.1, 0.15) is 12.0 Å². The first kappa shape index (κ1) is 20.0. The summed E-state index contributed by atoms with van der Waals surface area (Å²) in [7, 11) is 1.58. The fourth-order valence-electron chi connectivity index (χ4n) is 2.62. The molecule has 0 fully saturated rings. The van der Waals surface area contributed by atoms with Gasteiger partial charge in [-0.2, -0.15) is 0 Å². The first-order valence-electron chi connectivity index (χ1n) is 8.43. The average molecular weight is 409 g/mol. The molecular weight excluding hydrogens is 391 g/mol. The molecule has 0 atom stereocenters. The molecule has 0 aliphatic rings. The molecule has 0 spiro atoms. The molecule has 0 amide bonds.